The highest BCUT2D eigenvalue weighted by molar-refractivity contribution is 7.12. The van der Waals surface area contributed by atoms with Gasteiger partial charge in [0, 0.05) is 7.05 Å². The molecule has 3 aromatic heterocycles. The molecule has 28 heavy (non-hydrogen) atoms. The van der Waals surface area contributed by atoms with Crippen LogP contribution >= 0.6 is 11.3 Å². The number of nitrogens with zero attached hydrogens (tertiary/aromatic N) is 6. The van der Waals surface area contributed by atoms with Crippen LogP contribution in [-0.2, 0) is 13.1 Å². The Balaban J connectivity index is 1.65. The van der Waals surface area contributed by atoms with Crippen molar-refractivity contribution in [3.8, 4) is 17.2 Å². The molecule has 8 nitrogen and oxygen atoms in total. The number of hydrogen-bond acceptors (Lipinski definition) is 7. The zero-order valence-corrected chi connectivity index (χ0v) is 17.2. The first kappa shape index (κ1) is 18.8. The van der Waals surface area contributed by atoms with Gasteiger partial charge in [-0.3, -0.25) is 14.3 Å². The van der Waals surface area contributed by atoms with E-state index in [0.717, 1.165) is 37.3 Å². The molecule has 3 aromatic rings. The maximum atomic E-state index is 12.6. The molecule has 4 rings (SSSR count). The quantitative estimate of drug-likeness (QED) is 0.606. The normalized spacial score (nSPS) is 13.7. The lowest BCUT2D eigenvalue weighted by Crippen LogP contribution is -2.25. The summed E-state index contributed by atoms with van der Waals surface area (Å²) in [6.07, 6.45) is 3.90. The number of rotatable bonds is 7. The number of aromatic nitrogens is 4. The molecule has 1 amide bonds. The van der Waals surface area contributed by atoms with Gasteiger partial charge in [-0.25, -0.2) is 4.98 Å². The van der Waals surface area contributed by atoms with Gasteiger partial charge in [0.1, 0.15) is 16.9 Å². The highest BCUT2D eigenvalue weighted by Crippen LogP contribution is 2.31. The first-order valence-electron chi connectivity index (χ1n) is 9.57. The highest BCUT2D eigenvalue weighted by Gasteiger charge is 2.29. The molecule has 0 radical (unpaired) electrons. The van der Waals surface area contributed by atoms with E-state index in [1.165, 1.54) is 11.3 Å². The second kappa shape index (κ2) is 7.84. The molecule has 0 fully saturated rings. The molecule has 0 saturated carbocycles. The van der Waals surface area contributed by atoms with Gasteiger partial charge in [0.05, 0.1) is 24.5 Å². The van der Waals surface area contributed by atoms with Gasteiger partial charge in [0.15, 0.2) is 0 Å². The predicted molar refractivity (Wildman–Crippen MR) is 106 cm³/mol. The van der Waals surface area contributed by atoms with E-state index in [-0.39, 0.29) is 5.91 Å². The summed E-state index contributed by atoms with van der Waals surface area (Å²) in [4.78, 5) is 26.5. The predicted octanol–water partition coefficient (Wildman–Crippen LogP) is 3.19. The van der Waals surface area contributed by atoms with Crippen LogP contribution in [0.1, 0.15) is 47.9 Å². The number of carbonyl (C=O) groups is 1. The van der Waals surface area contributed by atoms with Crippen LogP contribution in [0.5, 0.6) is 0 Å². The van der Waals surface area contributed by atoms with E-state index in [2.05, 4.69) is 33.9 Å². The van der Waals surface area contributed by atoms with Crippen LogP contribution in [0, 0.1) is 0 Å². The van der Waals surface area contributed by atoms with Crippen LogP contribution in [0.15, 0.2) is 22.3 Å². The Morgan fingerprint density at radius 2 is 2.07 bits per heavy atom. The Labute approximate surface area is 167 Å². The smallest absolute Gasteiger partial charge is 0.266 e. The first-order valence-corrected chi connectivity index (χ1v) is 10.4. The summed E-state index contributed by atoms with van der Waals surface area (Å²) in [7, 11) is 1.80. The number of thiophene rings is 1. The van der Waals surface area contributed by atoms with E-state index in [9.17, 15) is 4.79 Å². The lowest BCUT2D eigenvalue weighted by molar-refractivity contribution is 0.0792. The molecule has 0 atom stereocenters. The Morgan fingerprint density at radius 1 is 1.29 bits per heavy atom. The summed E-state index contributed by atoms with van der Waals surface area (Å²) in [6, 6.07) is 1.95. The molecule has 0 unspecified atom stereocenters. The average Bonchev–Trinajstić information content (AvgIpc) is 3.39. The zero-order valence-electron chi connectivity index (χ0n) is 16.4. The SMILES string of the molecule is CCCN(CCC)Cc1nc(-c2ncn3c2CN(C)C(=O)c2sccc2-3)no1. The summed E-state index contributed by atoms with van der Waals surface area (Å²) in [5.41, 5.74) is 2.40. The van der Waals surface area contributed by atoms with Crippen molar-refractivity contribution in [1.82, 2.24) is 29.5 Å². The number of fused-ring (bicyclic) bond motifs is 3. The van der Waals surface area contributed by atoms with Gasteiger partial charge in [-0.05, 0) is 37.4 Å². The van der Waals surface area contributed by atoms with Crippen molar-refractivity contribution in [1.29, 1.82) is 0 Å². The third-order valence-corrected chi connectivity index (χ3v) is 5.71. The van der Waals surface area contributed by atoms with Gasteiger partial charge >= 0.3 is 0 Å². The van der Waals surface area contributed by atoms with Crippen LogP contribution in [-0.4, -0.2) is 55.5 Å². The lowest BCUT2D eigenvalue weighted by Gasteiger charge is -2.18. The molecule has 0 aliphatic carbocycles. The van der Waals surface area contributed by atoms with Crippen LogP contribution in [0.4, 0.5) is 0 Å². The van der Waals surface area contributed by atoms with Gasteiger partial charge in [0.2, 0.25) is 11.7 Å². The third kappa shape index (κ3) is 3.35. The van der Waals surface area contributed by atoms with Crippen molar-refractivity contribution < 1.29 is 9.32 Å². The summed E-state index contributed by atoms with van der Waals surface area (Å²) in [6.45, 7) is 7.41. The topological polar surface area (TPSA) is 80.3 Å². The maximum absolute atomic E-state index is 12.6. The van der Waals surface area contributed by atoms with E-state index in [1.54, 1.807) is 18.3 Å². The molecule has 1 aliphatic heterocycles. The number of imidazole rings is 1. The van der Waals surface area contributed by atoms with Crippen molar-refractivity contribution in [3.05, 3.63) is 34.2 Å². The minimum Gasteiger partial charge on any atom is -0.337 e. The van der Waals surface area contributed by atoms with Crippen LogP contribution in [0.3, 0.4) is 0 Å². The van der Waals surface area contributed by atoms with Crippen molar-refractivity contribution in [2.75, 3.05) is 20.1 Å². The van der Waals surface area contributed by atoms with E-state index in [0.29, 0.717) is 35.4 Å². The van der Waals surface area contributed by atoms with Gasteiger partial charge in [-0.2, -0.15) is 4.98 Å². The standard InChI is InChI=1S/C19H24N6O2S/c1-4-7-24(8-5-2)11-15-21-18(22-27-15)16-14-10-23(3)19(26)17-13(6-9-28-17)25(14)12-20-16/h6,9,12H,4-5,7-8,10-11H2,1-3H3. The fourth-order valence-corrected chi connectivity index (χ4v) is 4.43. The lowest BCUT2D eigenvalue weighted by atomic mass is 10.3. The molecule has 0 spiro atoms. The Kier molecular flexibility index (Phi) is 5.27. The van der Waals surface area contributed by atoms with Crippen molar-refractivity contribution in [2.45, 2.75) is 39.8 Å². The van der Waals surface area contributed by atoms with Gasteiger partial charge in [-0.1, -0.05) is 19.0 Å². The average molecular weight is 401 g/mol. The monoisotopic (exact) mass is 400 g/mol. The molecule has 148 valence electrons. The van der Waals surface area contributed by atoms with Crippen LogP contribution in [0.2, 0.25) is 0 Å². The third-order valence-electron chi connectivity index (χ3n) is 4.82. The first-order chi connectivity index (χ1) is 13.6. The molecule has 0 N–H and O–H groups in total. The molecule has 9 heteroatoms. The molecular formula is C19H24N6O2S. The van der Waals surface area contributed by atoms with Crippen molar-refractivity contribution >= 4 is 17.2 Å². The van der Waals surface area contributed by atoms with Crippen molar-refractivity contribution in [2.24, 2.45) is 0 Å². The van der Waals surface area contributed by atoms with E-state index < -0.39 is 0 Å². The highest BCUT2D eigenvalue weighted by atomic mass is 32.1. The Hall–Kier alpha value is -2.52. The summed E-state index contributed by atoms with van der Waals surface area (Å²) in [5, 5.41) is 6.09. The number of carbonyl (C=O) groups excluding carboxylic acids is 1. The molecule has 0 bridgehead atoms. The van der Waals surface area contributed by atoms with Crippen LogP contribution in [0.25, 0.3) is 17.2 Å². The number of hydrogen-bond donors (Lipinski definition) is 0. The summed E-state index contributed by atoms with van der Waals surface area (Å²) in [5.74, 6) is 1.08. The fraction of sp³-hybridized carbons (Fsp3) is 0.474. The Bertz CT molecular complexity index is 969. The fourth-order valence-electron chi connectivity index (χ4n) is 3.55. The van der Waals surface area contributed by atoms with E-state index in [4.69, 9.17) is 4.52 Å². The molecule has 0 aromatic carbocycles. The largest absolute Gasteiger partial charge is 0.337 e. The second-order valence-electron chi connectivity index (χ2n) is 6.99. The van der Waals surface area contributed by atoms with Gasteiger partial charge in [0.25, 0.3) is 5.91 Å². The molecular weight excluding hydrogens is 376 g/mol. The van der Waals surface area contributed by atoms with Crippen molar-refractivity contribution in [3.63, 3.8) is 0 Å². The molecule has 0 saturated heterocycles. The summed E-state index contributed by atoms with van der Waals surface area (Å²) >= 11 is 1.44. The Morgan fingerprint density at radius 3 is 2.82 bits per heavy atom. The van der Waals surface area contributed by atoms with E-state index >= 15 is 0 Å². The van der Waals surface area contributed by atoms with E-state index in [1.807, 2.05) is 16.0 Å². The van der Waals surface area contributed by atoms with Crippen LogP contribution < -0.4 is 0 Å². The molecule has 1 aliphatic rings. The van der Waals surface area contributed by atoms with Gasteiger partial charge < -0.3 is 9.42 Å². The molecule has 4 heterocycles. The number of amides is 1. The minimum absolute atomic E-state index is 0.0169. The maximum Gasteiger partial charge on any atom is 0.266 e. The zero-order chi connectivity index (χ0) is 19.7. The minimum atomic E-state index is 0.0169. The second-order valence-corrected chi connectivity index (χ2v) is 7.91. The summed E-state index contributed by atoms with van der Waals surface area (Å²) < 4.78 is 7.46. The van der Waals surface area contributed by atoms with Gasteiger partial charge in [-0.15, -0.1) is 11.3 Å².